The lowest BCUT2D eigenvalue weighted by Crippen LogP contribution is -2.46. The minimum absolute atomic E-state index is 0.0537. The molecule has 0 N–H and O–H groups in total. The molecule has 1 aliphatic heterocycles. The van der Waals surface area contributed by atoms with Crippen molar-refractivity contribution >= 4 is 11.6 Å². The van der Waals surface area contributed by atoms with Crippen molar-refractivity contribution in [2.45, 2.75) is 26.1 Å². The van der Waals surface area contributed by atoms with E-state index in [1.165, 1.54) is 0 Å². The molecule has 1 amide bonds. The van der Waals surface area contributed by atoms with Crippen molar-refractivity contribution in [2.75, 3.05) is 13.1 Å². The Bertz CT molecular complexity index is 887. The van der Waals surface area contributed by atoms with E-state index in [4.69, 9.17) is 9.15 Å². The maximum atomic E-state index is 12.9. The number of rotatable bonds is 2. The number of fused-ring (bicyclic) bond motifs is 1. The molecule has 8 nitrogen and oxygen atoms in total. The maximum Gasteiger partial charge on any atom is 0.255 e. The van der Waals surface area contributed by atoms with Gasteiger partial charge in [0.1, 0.15) is 5.65 Å². The fraction of sp³-hybridized carbons (Fsp3) is 0.375. The van der Waals surface area contributed by atoms with Crippen molar-refractivity contribution in [1.29, 1.82) is 0 Å². The summed E-state index contributed by atoms with van der Waals surface area (Å²) in [5, 5.41) is 7.85. The van der Waals surface area contributed by atoms with Gasteiger partial charge in [0.05, 0.1) is 18.2 Å². The lowest BCUT2D eigenvalue weighted by atomic mass is 10.1. The summed E-state index contributed by atoms with van der Waals surface area (Å²) in [6.07, 6.45) is 4.79. The lowest BCUT2D eigenvalue weighted by Gasteiger charge is -2.35. The molecular formula is C16H17N5O3. The summed E-state index contributed by atoms with van der Waals surface area (Å²) in [7, 11) is 0. The number of amides is 1. The number of hydrogen-bond acceptors (Lipinski definition) is 6. The number of hydrogen-bond donors (Lipinski definition) is 0. The van der Waals surface area contributed by atoms with Crippen molar-refractivity contribution in [3.05, 3.63) is 48.1 Å². The van der Waals surface area contributed by atoms with Gasteiger partial charge in [-0.25, -0.2) is 4.98 Å². The smallest absolute Gasteiger partial charge is 0.255 e. The average Bonchev–Trinajstić information content (AvgIpc) is 3.21. The third-order valence-corrected chi connectivity index (χ3v) is 4.00. The number of ether oxygens (including phenoxy) is 1. The van der Waals surface area contributed by atoms with Crippen LogP contribution in [0.1, 0.15) is 35.2 Å². The second-order valence-electron chi connectivity index (χ2n) is 5.92. The zero-order valence-corrected chi connectivity index (χ0v) is 13.4. The zero-order valence-electron chi connectivity index (χ0n) is 13.4. The summed E-state index contributed by atoms with van der Waals surface area (Å²) in [4.78, 5) is 18.8. The summed E-state index contributed by atoms with van der Waals surface area (Å²) in [6.45, 7) is 4.55. The lowest BCUT2D eigenvalue weighted by molar-refractivity contribution is -0.0796. The van der Waals surface area contributed by atoms with E-state index in [9.17, 15) is 4.79 Å². The van der Waals surface area contributed by atoms with Crippen LogP contribution in [-0.4, -0.2) is 49.6 Å². The molecule has 124 valence electrons. The number of nitrogens with zero attached hydrogens (tertiary/aromatic N) is 5. The number of pyridine rings is 1. The summed E-state index contributed by atoms with van der Waals surface area (Å²) in [6, 6.07) is 3.62. The Morgan fingerprint density at radius 2 is 2.17 bits per heavy atom. The third-order valence-electron chi connectivity index (χ3n) is 4.00. The summed E-state index contributed by atoms with van der Waals surface area (Å²) in [5.41, 5.74) is 1.41. The first-order valence-corrected chi connectivity index (χ1v) is 7.77. The van der Waals surface area contributed by atoms with Crippen molar-refractivity contribution in [3.8, 4) is 0 Å². The van der Waals surface area contributed by atoms with E-state index in [0.717, 1.165) is 5.65 Å². The van der Waals surface area contributed by atoms with Crippen molar-refractivity contribution in [2.24, 2.45) is 0 Å². The second kappa shape index (κ2) is 5.72. The summed E-state index contributed by atoms with van der Waals surface area (Å²) >= 11 is 0. The average molecular weight is 327 g/mol. The Kier molecular flexibility index (Phi) is 3.53. The normalized spacial score (nSPS) is 21.3. The highest BCUT2D eigenvalue weighted by atomic mass is 16.5. The van der Waals surface area contributed by atoms with Crippen molar-refractivity contribution in [1.82, 2.24) is 24.5 Å². The van der Waals surface area contributed by atoms with Gasteiger partial charge in [0.25, 0.3) is 5.91 Å². The molecule has 0 spiro atoms. The molecule has 1 fully saturated rings. The topological polar surface area (TPSA) is 85.8 Å². The standard InChI is InChI=1S/C16H17N5O3/c1-10-7-21(9-13(23-10)15-19-18-11(2)24-15)16(22)12-3-4-14-17-5-6-20(14)8-12/h3-6,8,10,13H,7,9H2,1-2H3/t10-,13-/m1/s1. The van der Waals surface area contributed by atoms with Crippen LogP contribution in [0.5, 0.6) is 0 Å². The van der Waals surface area contributed by atoms with E-state index in [2.05, 4.69) is 15.2 Å². The highest BCUT2D eigenvalue weighted by molar-refractivity contribution is 5.94. The Morgan fingerprint density at radius 1 is 1.29 bits per heavy atom. The van der Waals surface area contributed by atoms with E-state index in [-0.39, 0.29) is 12.0 Å². The highest BCUT2D eigenvalue weighted by Gasteiger charge is 2.33. The summed E-state index contributed by atoms with van der Waals surface area (Å²) < 4.78 is 13.1. The largest absolute Gasteiger partial charge is 0.423 e. The maximum absolute atomic E-state index is 12.9. The van der Waals surface area contributed by atoms with Crippen LogP contribution in [0.15, 0.2) is 35.1 Å². The highest BCUT2D eigenvalue weighted by Crippen LogP contribution is 2.25. The zero-order chi connectivity index (χ0) is 16.7. The van der Waals surface area contributed by atoms with Crippen LogP contribution in [0.2, 0.25) is 0 Å². The van der Waals surface area contributed by atoms with E-state index in [1.807, 2.05) is 23.6 Å². The van der Waals surface area contributed by atoms with E-state index >= 15 is 0 Å². The van der Waals surface area contributed by atoms with Crippen LogP contribution >= 0.6 is 0 Å². The molecule has 0 radical (unpaired) electrons. The third kappa shape index (κ3) is 2.65. The molecule has 3 aromatic rings. The number of imidazole rings is 1. The molecule has 24 heavy (non-hydrogen) atoms. The van der Waals surface area contributed by atoms with Crippen molar-refractivity contribution in [3.63, 3.8) is 0 Å². The van der Waals surface area contributed by atoms with Crippen LogP contribution in [0.25, 0.3) is 5.65 Å². The first-order valence-electron chi connectivity index (χ1n) is 7.77. The first-order chi connectivity index (χ1) is 11.6. The Hall–Kier alpha value is -2.74. The van der Waals surface area contributed by atoms with Gasteiger partial charge < -0.3 is 18.5 Å². The van der Waals surface area contributed by atoms with E-state index < -0.39 is 6.10 Å². The second-order valence-corrected chi connectivity index (χ2v) is 5.92. The van der Waals surface area contributed by atoms with Gasteiger partial charge in [0, 0.05) is 32.1 Å². The molecule has 3 aromatic heterocycles. The molecule has 0 saturated carbocycles. The van der Waals surface area contributed by atoms with Gasteiger partial charge in [0.15, 0.2) is 6.10 Å². The van der Waals surface area contributed by atoms with Crippen LogP contribution in [0, 0.1) is 6.92 Å². The molecule has 0 unspecified atom stereocenters. The van der Waals surface area contributed by atoms with Gasteiger partial charge in [-0.2, -0.15) is 0 Å². The minimum Gasteiger partial charge on any atom is -0.423 e. The van der Waals surface area contributed by atoms with Crippen LogP contribution in [0.4, 0.5) is 0 Å². The number of carbonyl (C=O) groups excluding carboxylic acids is 1. The fourth-order valence-corrected chi connectivity index (χ4v) is 2.92. The predicted octanol–water partition coefficient (Wildman–Crippen LogP) is 1.63. The van der Waals surface area contributed by atoms with Gasteiger partial charge >= 0.3 is 0 Å². The minimum atomic E-state index is -0.407. The van der Waals surface area contributed by atoms with Gasteiger partial charge in [-0.1, -0.05) is 0 Å². The van der Waals surface area contributed by atoms with E-state index in [0.29, 0.717) is 30.4 Å². The molecule has 1 saturated heterocycles. The Morgan fingerprint density at radius 3 is 2.96 bits per heavy atom. The van der Waals surface area contributed by atoms with Crippen molar-refractivity contribution < 1.29 is 13.9 Å². The van der Waals surface area contributed by atoms with E-state index in [1.54, 1.807) is 30.3 Å². The van der Waals surface area contributed by atoms with Gasteiger partial charge in [-0.05, 0) is 19.1 Å². The number of aryl methyl sites for hydroxylation is 1. The molecular weight excluding hydrogens is 310 g/mol. The first kappa shape index (κ1) is 14.8. The molecule has 0 bridgehead atoms. The van der Waals surface area contributed by atoms with Crippen LogP contribution < -0.4 is 0 Å². The molecule has 0 aromatic carbocycles. The number of aromatic nitrogens is 4. The molecule has 8 heteroatoms. The SMILES string of the molecule is Cc1nnc([C@H]2CN(C(=O)c3ccc4nccn4c3)C[C@@H](C)O2)o1. The summed E-state index contributed by atoms with van der Waals surface area (Å²) in [5.74, 6) is 0.833. The Balaban J connectivity index is 1.58. The molecule has 0 aliphatic carbocycles. The van der Waals surface area contributed by atoms with Gasteiger partial charge in [0.2, 0.25) is 11.8 Å². The molecule has 2 atom stereocenters. The molecule has 4 heterocycles. The molecule has 1 aliphatic rings. The van der Waals surface area contributed by atoms with Crippen LogP contribution in [-0.2, 0) is 4.74 Å². The monoisotopic (exact) mass is 327 g/mol. The molecule has 4 rings (SSSR count). The van der Waals surface area contributed by atoms with Gasteiger partial charge in [-0.15, -0.1) is 10.2 Å². The Labute approximate surface area is 138 Å². The predicted molar refractivity (Wildman–Crippen MR) is 83.4 cm³/mol. The fourth-order valence-electron chi connectivity index (χ4n) is 2.92. The quantitative estimate of drug-likeness (QED) is 0.711. The van der Waals surface area contributed by atoms with Gasteiger partial charge in [-0.3, -0.25) is 4.79 Å². The number of morpholine rings is 1. The number of carbonyl (C=O) groups is 1. The van der Waals surface area contributed by atoms with Crippen LogP contribution in [0.3, 0.4) is 0 Å².